The van der Waals surface area contributed by atoms with Gasteiger partial charge in [0.15, 0.2) is 5.78 Å². The molecule has 0 saturated heterocycles. The van der Waals surface area contributed by atoms with Crippen LogP contribution < -0.4 is 10.9 Å². The Balaban J connectivity index is 1.71. The van der Waals surface area contributed by atoms with Gasteiger partial charge < -0.3 is 10.2 Å². The number of Topliss-reactive ketones (excluding diaryl/α,β-unsaturated/α-hetero) is 1. The summed E-state index contributed by atoms with van der Waals surface area (Å²) < 4.78 is 0. The molecule has 0 spiro atoms. The Morgan fingerprint density at radius 2 is 1.96 bits per heavy atom. The summed E-state index contributed by atoms with van der Waals surface area (Å²) in [5.74, 6) is -1.08. The van der Waals surface area contributed by atoms with Crippen LogP contribution in [-0.4, -0.2) is 33.8 Å². The van der Waals surface area contributed by atoms with Gasteiger partial charge in [-0.3, -0.25) is 15.0 Å². The van der Waals surface area contributed by atoms with E-state index in [0.29, 0.717) is 17.7 Å². The number of amides is 1. The van der Waals surface area contributed by atoms with E-state index in [0.717, 1.165) is 11.3 Å². The van der Waals surface area contributed by atoms with E-state index in [4.69, 9.17) is 0 Å². The average molecular weight is 380 g/mol. The zero-order valence-electron chi connectivity index (χ0n) is 15.4. The van der Waals surface area contributed by atoms with Crippen LogP contribution in [0, 0.1) is 5.92 Å². The largest absolute Gasteiger partial charge is 0.507 e. The van der Waals surface area contributed by atoms with Crippen LogP contribution in [0.4, 0.5) is 5.69 Å². The van der Waals surface area contributed by atoms with E-state index in [1.807, 2.05) is 31.2 Å². The summed E-state index contributed by atoms with van der Waals surface area (Å²) in [7, 11) is 0. The Bertz CT molecular complexity index is 980. The van der Waals surface area contributed by atoms with Crippen molar-refractivity contribution < 1.29 is 19.8 Å². The number of nitrogens with one attached hydrogen (secondary N) is 2. The number of aromatic hydroxyl groups is 2. The first-order chi connectivity index (χ1) is 13.4. The SMILES string of the molecule is CC(=O)c1c(O)ccc(/C=N\Nc2ccc(C3=NNC(=O)CC3C)cc2)c1O. The van der Waals surface area contributed by atoms with Crippen molar-refractivity contribution in [3.63, 3.8) is 0 Å². The van der Waals surface area contributed by atoms with Crippen molar-refractivity contribution >= 4 is 29.3 Å². The molecule has 1 atom stereocenters. The number of ketones is 1. The molecule has 1 aliphatic heterocycles. The van der Waals surface area contributed by atoms with Gasteiger partial charge in [-0.15, -0.1) is 0 Å². The Labute approximate surface area is 161 Å². The van der Waals surface area contributed by atoms with Crippen molar-refractivity contribution in [2.24, 2.45) is 16.1 Å². The molecule has 28 heavy (non-hydrogen) atoms. The third kappa shape index (κ3) is 4.01. The van der Waals surface area contributed by atoms with Gasteiger partial charge in [-0.05, 0) is 36.8 Å². The zero-order chi connectivity index (χ0) is 20.3. The minimum Gasteiger partial charge on any atom is -0.507 e. The highest BCUT2D eigenvalue weighted by Crippen LogP contribution is 2.30. The molecule has 1 heterocycles. The second-order valence-electron chi connectivity index (χ2n) is 6.54. The second-order valence-corrected chi connectivity index (χ2v) is 6.54. The third-order valence-electron chi connectivity index (χ3n) is 4.38. The Kier molecular flexibility index (Phi) is 5.39. The smallest absolute Gasteiger partial charge is 0.240 e. The van der Waals surface area contributed by atoms with Crippen LogP contribution in [0.5, 0.6) is 11.5 Å². The standard InChI is InChI=1S/C20H20N4O4/c1-11-9-17(27)23-24-19(11)13-3-6-15(7-4-13)22-21-10-14-5-8-16(26)18(12(2)25)20(14)28/h3-8,10-11,22,26,28H,9H2,1-2H3,(H,23,27)/b21-10-. The van der Waals surface area contributed by atoms with Gasteiger partial charge in [-0.2, -0.15) is 10.2 Å². The number of benzene rings is 2. The van der Waals surface area contributed by atoms with E-state index in [2.05, 4.69) is 21.1 Å². The summed E-state index contributed by atoms with van der Waals surface area (Å²) in [5, 5.41) is 28.0. The number of carbonyl (C=O) groups is 2. The lowest BCUT2D eigenvalue weighted by molar-refractivity contribution is -0.121. The van der Waals surface area contributed by atoms with Gasteiger partial charge in [0.25, 0.3) is 0 Å². The van der Waals surface area contributed by atoms with Crippen LogP contribution in [0.15, 0.2) is 46.6 Å². The molecule has 0 radical (unpaired) electrons. The lowest BCUT2D eigenvalue weighted by atomic mass is 9.94. The van der Waals surface area contributed by atoms with Gasteiger partial charge in [0, 0.05) is 17.9 Å². The highest BCUT2D eigenvalue weighted by atomic mass is 16.3. The molecule has 0 aromatic heterocycles. The number of rotatable bonds is 5. The Morgan fingerprint density at radius 3 is 2.61 bits per heavy atom. The Hall–Kier alpha value is -3.68. The molecule has 8 heteroatoms. The van der Waals surface area contributed by atoms with Gasteiger partial charge in [-0.25, -0.2) is 5.43 Å². The normalized spacial score (nSPS) is 16.6. The summed E-state index contributed by atoms with van der Waals surface area (Å²) >= 11 is 0. The van der Waals surface area contributed by atoms with Crippen LogP contribution in [-0.2, 0) is 4.79 Å². The number of anilines is 1. The zero-order valence-corrected chi connectivity index (χ0v) is 15.4. The first-order valence-corrected chi connectivity index (χ1v) is 8.68. The highest BCUT2D eigenvalue weighted by molar-refractivity contribution is 6.06. The lowest BCUT2D eigenvalue weighted by Crippen LogP contribution is -2.31. The molecule has 0 fully saturated rings. The Morgan fingerprint density at radius 1 is 1.25 bits per heavy atom. The third-order valence-corrected chi connectivity index (χ3v) is 4.38. The predicted molar refractivity (Wildman–Crippen MR) is 106 cm³/mol. The molecule has 2 aromatic rings. The maximum Gasteiger partial charge on any atom is 0.240 e. The molecule has 144 valence electrons. The highest BCUT2D eigenvalue weighted by Gasteiger charge is 2.21. The van der Waals surface area contributed by atoms with Gasteiger partial charge in [0.1, 0.15) is 17.1 Å². The monoisotopic (exact) mass is 380 g/mol. The summed E-state index contributed by atoms with van der Waals surface area (Å²) in [5.41, 5.74) is 7.92. The summed E-state index contributed by atoms with van der Waals surface area (Å²) in [6.07, 6.45) is 1.76. The molecule has 1 amide bonds. The summed E-state index contributed by atoms with van der Waals surface area (Å²) in [6, 6.07) is 10.2. The number of phenols is 2. The number of phenolic OH excluding ortho intramolecular Hbond substituents is 2. The van der Waals surface area contributed by atoms with Gasteiger partial charge in [-0.1, -0.05) is 19.1 Å². The lowest BCUT2D eigenvalue weighted by Gasteiger charge is -2.19. The molecule has 0 bridgehead atoms. The van der Waals surface area contributed by atoms with E-state index < -0.39 is 5.78 Å². The maximum atomic E-state index is 11.5. The molecule has 2 aromatic carbocycles. The summed E-state index contributed by atoms with van der Waals surface area (Å²) in [6.45, 7) is 3.21. The van der Waals surface area contributed by atoms with E-state index in [9.17, 15) is 19.8 Å². The molecule has 4 N–H and O–H groups in total. The molecule has 0 saturated carbocycles. The maximum absolute atomic E-state index is 11.5. The number of hydrogen-bond donors (Lipinski definition) is 4. The topological polar surface area (TPSA) is 123 Å². The first-order valence-electron chi connectivity index (χ1n) is 8.68. The number of nitrogens with zero attached hydrogens (tertiary/aromatic N) is 2. The summed E-state index contributed by atoms with van der Waals surface area (Å²) in [4.78, 5) is 22.9. The van der Waals surface area contributed by atoms with Crippen molar-refractivity contribution in [1.29, 1.82) is 0 Å². The molecule has 8 nitrogen and oxygen atoms in total. The van der Waals surface area contributed by atoms with Crippen LogP contribution in [0.2, 0.25) is 0 Å². The van der Waals surface area contributed by atoms with Crippen LogP contribution >= 0.6 is 0 Å². The van der Waals surface area contributed by atoms with Crippen molar-refractivity contribution in [2.75, 3.05) is 5.43 Å². The van der Waals surface area contributed by atoms with Gasteiger partial charge in [0.05, 0.1) is 17.6 Å². The molecule has 1 unspecified atom stereocenters. The fraction of sp³-hybridized carbons (Fsp3) is 0.200. The van der Waals surface area contributed by atoms with E-state index in [-0.39, 0.29) is 28.9 Å². The first kappa shape index (κ1) is 19.1. The molecule has 0 aliphatic carbocycles. The quantitative estimate of drug-likeness (QED) is 0.361. The van der Waals surface area contributed by atoms with Crippen molar-refractivity contribution in [1.82, 2.24) is 5.43 Å². The van der Waals surface area contributed by atoms with Crippen LogP contribution in [0.25, 0.3) is 0 Å². The van der Waals surface area contributed by atoms with Gasteiger partial charge in [0.2, 0.25) is 5.91 Å². The number of hydrogen-bond acceptors (Lipinski definition) is 7. The number of carbonyl (C=O) groups excluding carboxylic acids is 2. The predicted octanol–water partition coefficient (Wildman–Crippen LogP) is 2.61. The minimum atomic E-state index is -0.440. The molecular formula is C20H20N4O4. The van der Waals surface area contributed by atoms with E-state index in [1.165, 1.54) is 25.3 Å². The van der Waals surface area contributed by atoms with Crippen LogP contribution in [0.3, 0.4) is 0 Å². The molecular weight excluding hydrogens is 360 g/mol. The number of hydrazone groups is 2. The average Bonchev–Trinajstić information content (AvgIpc) is 2.64. The molecule has 1 aliphatic rings. The van der Waals surface area contributed by atoms with E-state index >= 15 is 0 Å². The van der Waals surface area contributed by atoms with Crippen molar-refractivity contribution in [3.05, 3.63) is 53.1 Å². The van der Waals surface area contributed by atoms with Crippen LogP contribution in [0.1, 0.15) is 41.8 Å². The minimum absolute atomic E-state index is 0.0403. The fourth-order valence-electron chi connectivity index (χ4n) is 2.94. The fourth-order valence-corrected chi connectivity index (χ4v) is 2.94. The van der Waals surface area contributed by atoms with E-state index in [1.54, 1.807) is 0 Å². The second kappa shape index (κ2) is 7.91. The van der Waals surface area contributed by atoms with Gasteiger partial charge >= 0.3 is 0 Å². The van der Waals surface area contributed by atoms with Crippen molar-refractivity contribution in [2.45, 2.75) is 20.3 Å². The van der Waals surface area contributed by atoms with Crippen molar-refractivity contribution in [3.8, 4) is 11.5 Å². The molecule has 3 rings (SSSR count).